The van der Waals surface area contributed by atoms with Gasteiger partial charge in [0.15, 0.2) is 11.5 Å². The molecule has 1 aliphatic heterocycles. The Morgan fingerprint density at radius 2 is 1.91 bits per heavy atom. The number of ether oxygens (including phenoxy) is 3. The van der Waals surface area contributed by atoms with Crippen LogP contribution in [0.1, 0.15) is 18.2 Å². The van der Waals surface area contributed by atoms with Gasteiger partial charge in [-0.25, -0.2) is 8.42 Å². The van der Waals surface area contributed by atoms with E-state index < -0.39 is 10.0 Å². The normalized spacial score (nSPS) is 12.7. The molecule has 168 valence electrons. The maximum Gasteiger partial charge on any atom is 0.243 e. The highest BCUT2D eigenvalue weighted by molar-refractivity contribution is 7.89. The number of sulfonamides is 1. The van der Waals surface area contributed by atoms with Gasteiger partial charge in [0.05, 0.1) is 24.8 Å². The van der Waals surface area contributed by atoms with Crippen molar-refractivity contribution in [2.24, 2.45) is 0 Å². The van der Waals surface area contributed by atoms with Crippen LogP contribution in [0.2, 0.25) is 0 Å². The fraction of sp³-hybridized carbons (Fsp3) is 0.227. The Labute approximate surface area is 185 Å². The van der Waals surface area contributed by atoms with Gasteiger partial charge >= 0.3 is 0 Å². The van der Waals surface area contributed by atoms with Gasteiger partial charge in [0, 0.05) is 19.2 Å². The van der Waals surface area contributed by atoms with Crippen molar-refractivity contribution in [2.45, 2.75) is 24.9 Å². The molecule has 2 heterocycles. The van der Waals surface area contributed by atoms with Gasteiger partial charge in [-0.1, -0.05) is 0 Å². The number of benzene rings is 2. The lowest BCUT2D eigenvalue weighted by Crippen LogP contribution is -2.30. The monoisotopic (exact) mass is 458 g/mol. The Hall–Kier alpha value is -3.50. The van der Waals surface area contributed by atoms with Gasteiger partial charge in [-0.2, -0.15) is 4.31 Å². The van der Waals surface area contributed by atoms with Gasteiger partial charge in [-0.15, -0.1) is 0 Å². The van der Waals surface area contributed by atoms with Gasteiger partial charge < -0.3 is 23.9 Å². The van der Waals surface area contributed by atoms with Crippen molar-refractivity contribution in [3.63, 3.8) is 0 Å². The van der Waals surface area contributed by atoms with Crippen LogP contribution in [0.25, 0.3) is 0 Å². The molecule has 0 fully saturated rings. The number of amides is 1. The smallest absolute Gasteiger partial charge is 0.243 e. The zero-order chi connectivity index (χ0) is 22.7. The van der Waals surface area contributed by atoms with Gasteiger partial charge in [-0.05, 0) is 54.1 Å². The highest BCUT2D eigenvalue weighted by atomic mass is 32.2. The summed E-state index contributed by atoms with van der Waals surface area (Å²) in [5, 5.41) is 2.62. The summed E-state index contributed by atoms with van der Waals surface area (Å²) in [6.45, 7) is 1.53. The molecule has 0 bridgehead atoms. The number of furan rings is 1. The average molecular weight is 458 g/mol. The van der Waals surface area contributed by atoms with E-state index in [4.69, 9.17) is 18.6 Å². The Kier molecular flexibility index (Phi) is 6.06. The first kappa shape index (κ1) is 21.7. The van der Waals surface area contributed by atoms with Crippen molar-refractivity contribution in [1.29, 1.82) is 0 Å². The third-order valence-electron chi connectivity index (χ3n) is 4.80. The summed E-state index contributed by atoms with van der Waals surface area (Å²) in [5.74, 6) is 1.71. The van der Waals surface area contributed by atoms with E-state index in [9.17, 15) is 13.2 Å². The van der Waals surface area contributed by atoms with E-state index in [0.717, 1.165) is 0 Å². The zero-order valence-corrected chi connectivity index (χ0v) is 18.3. The maximum absolute atomic E-state index is 13.5. The maximum atomic E-state index is 13.5. The summed E-state index contributed by atoms with van der Waals surface area (Å²) in [5.41, 5.74) is 1.17. The molecule has 2 aromatic carbocycles. The van der Waals surface area contributed by atoms with Crippen LogP contribution in [0.15, 0.2) is 64.1 Å². The molecule has 0 saturated heterocycles. The molecule has 0 saturated carbocycles. The third-order valence-corrected chi connectivity index (χ3v) is 6.61. The van der Waals surface area contributed by atoms with E-state index in [0.29, 0.717) is 34.3 Å². The molecule has 3 aromatic rings. The predicted molar refractivity (Wildman–Crippen MR) is 115 cm³/mol. The summed E-state index contributed by atoms with van der Waals surface area (Å²) >= 11 is 0. The Morgan fingerprint density at radius 3 is 2.56 bits per heavy atom. The highest BCUT2D eigenvalue weighted by Crippen LogP contribution is 2.42. The topological polar surface area (TPSA) is 107 Å². The summed E-state index contributed by atoms with van der Waals surface area (Å²) < 4.78 is 49.9. The first-order chi connectivity index (χ1) is 15.4. The van der Waals surface area contributed by atoms with Crippen LogP contribution in [-0.2, 0) is 27.9 Å². The number of hydrogen-bond donors (Lipinski definition) is 1. The number of carbonyl (C=O) groups excluding carboxylic acids is 1. The molecule has 0 spiro atoms. The lowest BCUT2D eigenvalue weighted by molar-refractivity contribution is -0.114. The van der Waals surface area contributed by atoms with Crippen LogP contribution in [-0.4, -0.2) is 32.5 Å². The average Bonchev–Trinajstić information content (AvgIpc) is 3.44. The van der Waals surface area contributed by atoms with E-state index in [1.54, 1.807) is 36.4 Å². The SMILES string of the molecule is COc1cc(CN(Cc2ccco2)S(=O)(=O)c2ccc(NC(C)=O)cc2)cc2c1OCO2. The summed E-state index contributed by atoms with van der Waals surface area (Å²) in [4.78, 5) is 11.3. The lowest BCUT2D eigenvalue weighted by Gasteiger charge is -2.22. The van der Waals surface area contributed by atoms with E-state index in [-0.39, 0.29) is 30.7 Å². The van der Waals surface area contributed by atoms with Gasteiger partial charge in [0.1, 0.15) is 5.76 Å². The number of carbonyl (C=O) groups is 1. The van der Waals surface area contributed by atoms with Crippen molar-refractivity contribution in [2.75, 3.05) is 19.2 Å². The van der Waals surface area contributed by atoms with Gasteiger partial charge in [0.25, 0.3) is 0 Å². The van der Waals surface area contributed by atoms with Crippen LogP contribution in [0, 0.1) is 0 Å². The molecule has 0 radical (unpaired) electrons. The number of rotatable bonds is 8. The highest BCUT2D eigenvalue weighted by Gasteiger charge is 2.28. The van der Waals surface area contributed by atoms with Gasteiger partial charge in [-0.3, -0.25) is 4.79 Å². The van der Waals surface area contributed by atoms with Crippen LogP contribution in [0.4, 0.5) is 5.69 Å². The second kappa shape index (κ2) is 8.93. The standard InChI is InChI=1S/C22H22N2O7S/c1-15(25)23-17-5-7-19(8-6-17)32(26,27)24(13-18-4-3-9-29-18)12-16-10-20(28-2)22-21(11-16)30-14-31-22/h3-11H,12-14H2,1-2H3,(H,23,25). The van der Waals surface area contributed by atoms with Gasteiger partial charge in [0.2, 0.25) is 28.5 Å². The second-order valence-corrected chi connectivity index (χ2v) is 9.03. The molecule has 0 aliphatic carbocycles. The minimum Gasteiger partial charge on any atom is -0.493 e. The molecule has 1 amide bonds. The van der Waals surface area contributed by atoms with Crippen molar-refractivity contribution < 1.29 is 31.8 Å². The first-order valence-electron chi connectivity index (χ1n) is 9.73. The Morgan fingerprint density at radius 1 is 1.12 bits per heavy atom. The zero-order valence-electron chi connectivity index (χ0n) is 17.5. The number of anilines is 1. The summed E-state index contributed by atoms with van der Waals surface area (Å²) in [6, 6.07) is 12.9. The number of fused-ring (bicyclic) bond motifs is 1. The molecular formula is C22H22N2O7S. The molecule has 1 N–H and O–H groups in total. The van der Waals surface area contributed by atoms with Crippen molar-refractivity contribution in [1.82, 2.24) is 4.31 Å². The number of methoxy groups -OCH3 is 1. The third kappa shape index (κ3) is 4.56. The summed E-state index contributed by atoms with van der Waals surface area (Å²) in [6.07, 6.45) is 1.49. The largest absolute Gasteiger partial charge is 0.493 e. The summed E-state index contributed by atoms with van der Waals surface area (Å²) in [7, 11) is -2.40. The number of hydrogen-bond acceptors (Lipinski definition) is 7. The van der Waals surface area contributed by atoms with Crippen LogP contribution >= 0.6 is 0 Å². The van der Waals surface area contributed by atoms with Crippen molar-refractivity contribution in [3.8, 4) is 17.2 Å². The Bertz CT molecular complexity index is 1210. The molecular weight excluding hydrogens is 436 g/mol. The quantitative estimate of drug-likeness (QED) is 0.551. The first-order valence-corrected chi connectivity index (χ1v) is 11.2. The van der Waals surface area contributed by atoms with E-state index in [1.165, 1.54) is 36.7 Å². The lowest BCUT2D eigenvalue weighted by atomic mass is 10.2. The minimum absolute atomic E-state index is 0.0273. The van der Waals surface area contributed by atoms with Crippen molar-refractivity contribution >= 4 is 21.6 Å². The van der Waals surface area contributed by atoms with E-state index >= 15 is 0 Å². The molecule has 0 atom stereocenters. The molecule has 1 aliphatic rings. The van der Waals surface area contributed by atoms with Crippen molar-refractivity contribution in [3.05, 3.63) is 66.1 Å². The number of nitrogens with zero attached hydrogens (tertiary/aromatic N) is 1. The molecule has 1 aromatic heterocycles. The van der Waals surface area contributed by atoms with Crippen LogP contribution in [0.3, 0.4) is 0 Å². The van der Waals surface area contributed by atoms with Crippen LogP contribution in [0.5, 0.6) is 17.2 Å². The minimum atomic E-state index is -3.91. The Balaban J connectivity index is 1.67. The van der Waals surface area contributed by atoms with E-state index in [2.05, 4.69) is 5.32 Å². The molecule has 32 heavy (non-hydrogen) atoms. The number of nitrogens with one attached hydrogen (secondary N) is 1. The fourth-order valence-corrected chi connectivity index (χ4v) is 4.74. The van der Waals surface area contributed by atoms with E-state index in [1.807, 2.05) is 0 Å². The predicted octanol–water partition coefficient (Wildman–Crippen LogP) is 3.37. The molecule has 0 unspecified atom stereocenters. The molecule has 10 heteroatoms. The molecule has 9 nitrogen and oxygen atoms in total. The van der Waals surface area contributed by atoms with Crippen LogP contribution < -0.4 is 19.5 Å². The fourth-order valence-electron chi connectivity index (χ4n) is 3.34. The molecule has 4 rings (SSSR count). The second-order valence-electron chi connectivity index (χ2n) is 7.09.